The Labute approximate surface area is 177 Å². The van der Waals surface area contributed by atoms with E-state index in [1.807, 2.05) is 6.07 Å². The zero-order valence-corrected chi connectivity index (χ0v) is 16.6. The van der Waals surface area contributed by atoms with Gasteiger partial charge in [0, 0.05) is 24.4 Å². The molecule has 4 amide bonds. The highest BCUT2D eigenvalue weighted by Crippen LogP contribution is 2.31. The van der Waals surface area contributed by atoms with Crippen molar-refractivity contribution in [1.82, 2.24) is 10.2 Å². The molecule has 0 radical (unpaired) electrons. The fourth-order valence-corrected chi connectivity index (χ4v) is 3.35. The molecule has 3 rings (SSSR count). The summed E-state index contributed by atoms with van der Waals surface area (Å²) in [5.74, 6) is -1.23. The number of nitriles is 1. The molecule has 1 fully saturated rings. The van der Waals surface area contributed by atoms with Crippen LogP contribution in [0.3, 0.4) is 0 Å². The number of benzene rings is 2. The van der Waals surface area contributed by atoms with E-state index in [-0.39, 0.29) is 24.2 Å². The Morgan fingerprint density at radius 2 is 1.94 bits per heavy atom. The highest BCUT2D eigenvalue weighted by Gasteiger charge is 2.50. The summed E-state index contributed by atoms with van der Waals surface area (Å²) in [7, 11) is 0. The molecule has 2 aromatic carbocycles. The largest absolute Gasteiger partial charge is 0.325 e. The monoisotopic (exact) mass is 421 g/mol. The van der Waals surface area contributed by atoms with Gasteiger partial charge in [-0.15, -0.1) is 0 Å². The van der Waals surface area contributed by atoms with Crippen LogP contribution in [0.15, 0.2) is 54.6 Å². The van der Waals surface area contributed by atoms with Crippen molar-refractivity contribution < 1.29 is 19.3 Å². The van der Waals surface area contributed by atoms with Crippen molar-refractivity contribution in [3.05, 3.63) is 70.3 Å². The van der Waals surface area contributed by atoms with Crippen LogP contribution in [0.1, 0.15) is 18.9 Å². The maximum absolute atomic E-state index is 13.1. The minimum absolute atomic E-state index is 0.0756. The molecule has 0 aliphatic carbocycles. The second kappa shape index (κ2) is 8.62. The minimum atomic E-state index is -1.55. The molecule has 0 aromatic heterocycles. The van der Waals surface area contributed by atoms with E-state index in [4.69, 9.17) is 5.26 Å². The fourth-order valence-electron chi connectivity index (χ4n) is 3.35. The molecule has 1 aliphatic rings. The maximum atomic E-state index is 13.1. The average Bonchev–Trinajstić information content (AvgIpc) is 2.99. The number of carbonyl (C=O) groups excluding carboxylic acids is 3. The van der Waals surface area contributed by atoms with Crippen molar-refractivity contribution in [3.63, 3.8) is 0 Å². The van der Waals surface area contributed by atoms with Crippen LogP contribution in [-0.2, 0) is 15.1 Å². The number of hydrogen-bond acceptors (Lipinski definition) is 6. The summed E-state index contributed by atoms with van der Waals surface area (Å²) in [6, 6.07) is 15.2. The Hall–Kier alpha value is -4.26. The number of amides is 4. The SMILES string of the molecule is CC1(c2cccc([N+](=O)[O-])c2)NC(=O)N(CC(=O)N(CCC#N)c2ccccc2)C1=O. The van der Waals surface area contributed by atoms with Gasteiger partial charge in [0.15, 0.2) is 0 Å². The van der Waals surface area contributed by atoms with Crippen molar-refractivity contribution >= 4 is 29.2 Å². The Morgan fingerprint density at radius 3 is 2.58 bits per heavy atom. The first-order valence-electron chi connectivity index (χ1n) is 9.39. The van der Waals surface area contributed by atoms with Crippen LogP contribution in [0.2, 0.25) is 0 Å². The number of rotatable bonds is 7. The van der Waals surface area contributed by atoms with E-state index in [0.717, 1.165) is 4.90 Å². The van der Waals surface area contributed by atoms with Crippen molar-refractivity contribution in [2.24, 2.45) is 0 Å². The van der Waals surface area contributed by atoms with E-state index >= 15 is 0 Å². The third-order valence-corrected chi connectivity index (χ3v) is 5.02. The highest BCUT2D eigenvalue weighted by molar-refractivity contribution is 6.10. The molecule has 1 atom stereocenters. The van der Waals surface area contributed by atoms with Crippen LogP contribution >= 0.6 is 0 Å². The molecule has 1 saturated heterocycles. The molecule has 2 aromatic rings. The molecule has 31 heavy (non-hydrogen) atoms. The lowest BCUT2D eigenvalue weighted by atomic mass is 9.91. The second-order valence-corrected chi connectivity index (χ2v) is 7.04. The van der Waals surface area contributed by atoms with Crippen LogP contribution in [-0.4, -0.2) is 40.8 Å². The van der Waals surface area contributed by atoms with Crippen LogP contribution in [0.5, 0.6) is 0 Å². The molecular formula is C21H19N5O5. The molecule has 10 nitrogen and oxygen atoms in total. The Balaban J connectivity index is 1.85. The molecule has 10 heteroatoms. The molecule has 0 saturated carbocycles. The van der Waals surface area contributed by atoms with E-state index in [0.29, 0.717) is 5.69 Å². The summed E-state index contributed by atoms with van der Waals surface area (Å²) in [5.41, 5.74) is -0.995. The number of urea groups is 1. The number of nitrogens with one attached hydrogen (secondary N) is 1. The quantitative estimate of drug-likeness (QED) is 0.414. The molecule has 1 heterocycles. The first kappa shape index (κ1) is 21.4. The van der Waals surface area contributed by atoms with E-state index < -0.39 is 34.9 Å². The summed E-state index contributed by atoms with van der Waals surface area (Å²) >= 11 is 0. The minimum Gasteiger partial charge on any atom is -0.319 e. The number of para-hydroxylation sites is 1. The predicted octanol–water partition coefficient (Wildman–Crippen LogP) is 2.31. The van der Waals surface area contributed by atoms with Gasteiger partial charge >= 0.3 is 6.03 Å². The van der Waals surface area contributed by atoms with Crippen molar-refractivity contribution in [1.29, 1.82) is 5.26 Å². The Bertz CT molecular complexity index is 1080. The predicted molar refractivity (Wildman–Crippen MR) is 110 cm³/mol. The lowest BCUT2D eigenvalue weighted by molar-refractivity contribution is -0.385. The van der Waals surface area contributed by atoms with Gasteiger partial charge in [-0.25, -0.2) is 4.79 Å². The van der Waals surface area contributed by atoms with E-state index in [2.05, 4.69) is 5.32 Å². The number of nitro benzene ring substituents is 1. The Morgan fingerprint density at radius 1 is 1.23 bits per heavy atom. The maximum Gasteiger partial charge on any atom is 0.325 e. The lowest BCUT2D eigenvalue weighted by Crippen LogP contribution is -2.45. The van der Waals surface area contributed by atoms with E-state index in [1.54, 1.807) is 30.3 Å². The van der Waals surface area contributed by atoms with Crippen LogP contribution in [0, 0.1) is 21.4 Å². The Kier molecular flexibility index (Phi) is 5.97. The summed E-state index contributed by atoms with van der Waals surface area (Å²) in [6.07, 6.45) is 0.0756. The number of nitro groups is 1. The van der Waals surface area contributed by atoms with Gasteiger partial charge in [0.2, 0.25) is 5.91 Å². The molecule has 1 N–H and O–H groups in total. The fraction of sp³-hybridized carbons (Fsp3) is 0.238. The van der Waals surface area contributed by atoms with Gasteiger partial charge in [-0.3, -0.25) is 24.6 Å². The van der Waals surface area contributed by atoms with Crippen LogP contribution in [0.4, 0.5) is 16.2 Å². The molecule has 1 aliphatic heterocycles. The van der Waals surface area contributed by atoms with Gasteiger partial charge in [-0.05, 0) is 24.6 Å². The first-order valence-corrected chi connectivity index (χ1v) is 9.39. The van der Waals surface area contributed by atoms with E-state index in [9.17, 15) is 24.5 Å². The molecule has 0 spiro atoms. The van der Waals surface area contributed by atoms with Crippen molar-refractivity contribution in [2.75, 3.05) is 18.0 Å². The standard InChI is InChI=1S/C21H19N5O5/c1-21(15-7-5-10-17(13-15)26(30)31)19(28)25(20(29)23-21)14-18(27)24(12-6-11-22)16-8-3-2-4-9-16/h2-5,7-10,13H,6,12,14H2,1H3,(H,23,29). The number of carbonyl (C=O) groups is 3. The van der Waals surface area contributed by atoms with Gasteiger partial charge in [0.05, 0.1) is 17.4 Å². The molecule has 158 valence electrons. The van der Waals surface area contributed by atoms with Crippen molar-refractivity contribution in [2.45, 2.75) is 18.9 Å². The van der Waals surface area contributed by atoms with Crippen molar-refractivity contribution in [3.8, 4) is 6.07 Å². The van der Waals surface area contributed by atoms with E-state index in [1.165, 1.54) is 36.1 Å². The summed E-state index contributed by atoms with van der Waals surface area (Å²) < 4.78 is 0. The van der Waals surface area contributed by atoms with Gasteiger partial charge in [-0.1, -0.05) is 30.3 Å². The molecular weight excluding hydrogens is 402 g/mol. The zero-order chi connectivity index (χ0) is 22.6. The third kappa shape index (κ3) is 4.20. The normalized spacial score (nSPS) is 17.7. The third-order valence-electron chi connectivity index (χ3n) is 5.02. The summed E-state index contributed by atoms with van der Waals surface area (Å²) in [6.45, 7) is 1.00. The molecule has 1 unspecified atom stereocenters. The summed E-state index contributed by atoms with van der Waals surface area (Å²) in [4.78, 5) is 51.2. The number of nitrogens with zero attached hydrogens (tertiary/aromatic N) is 4. The number of non-ortho nitro benzene ring substituents is 1. The average molecular weight is 421 g/mol. The topological polar surface area (TPSA) is 137 Å². The van der Waals surface area contributed by atoms with Gasteiger partial charge < -0.3 is 10.2 Å². The lowest BCUT2D eigenvalue weighted by Gasteiger charge is -2.25. The number of hydrogen-bond donors (Lipinski definition) is 1. The molecule has 0 bridgehead atoms. The second-order valence-electron chi connectivity index (χ2n) is 7.04. The van der Waals surface area contributed by atoms with Crippen LogP contribution < -0.4 is 10.2 Å². The highest BCUT2D eigenvalue weighted by atomic mass is 16.6. The van der Waals surface area contributed by atoms with Crippen LogP contribution in [0.25, 0.3) is 0 Å². The van der Waals surface area contributed by atoms with Gasteiger partial charge in [-0.2, -0.15) is 5.26 Å². The smallest absolute Gasteiger partial charge is 0.319 e. The van der Waals surface area contributed by atoms with Gasteiger partial charge in [0.25, 0.3) is 11.6 Å². The van der Waals surface area contributed by atoms with Gasteiger partial charge in [0.1, 0.15) is 12.1 Å². The number of anilines is 1. The first-order chi connectivity index (χ1) is 14.8. The number of imide groups is 1. The zero-order valence-electron chi connectivity index (χ0n) is 16.6. The summed E-state index contributed by atoms with van der Waals surface area (Å²) in [5, 5.41) is 22.5.